The summed E-state index contributed by atoms with van der Waals surface area (Å²) in [6, 6.07) is 11.6. The average molecular weight is 361 g/mol. The minimum Gasteiger partial charge on any atom is -0.492 e. The summed E-state index contributed by atoms with van der Waals surface area (Å²) in [6.45, 7) is 0.348. The Bertz CT molecular complexity index is 792. The molecule has 3 rings (SSSR count). The lowest BCUT2D eigenvalue weighted by atomic mass is 10.0. The van der Waals surface area contributed by atoms with Crippen molar-refractivity contribution in [2.24, 2.45) is 5.73 Å². The number of benzene rings is 2. The van der Waals surface area contributed by atoms with Crippen LogP contribution in [0.1, 0.15) is 28.4 Å². The van der Waals surface area contributed by atoms with Gasteiger partial charge in [0, 0.05) is 17.5 Å². The summed E-state index contributed by atoms with van der Waals surface area (Å²) in [5.74, 6) is 0.331. The van der Waals surface area contributed by atoms with Crippen molar-refractivity contribution in [2.75, 3.05) is 13.2 Å². The molecule has 0 aliphatic carbocycles. The number of amides is 2. The molecule has 0 radical (unpaired) electrons. The fraction of sp³-hybridized carbons (Fsp3) is 0.222. The quantitative estimate of drug-likeness (QED) is 0.856. The van der Waals surface area contributed by atoms with Crippen molar-refractivity contribution in [2.45, 2.75) is 12.5 Å². The van der Waals surface area contributed by atoms with E-state index in [1.807, 2.05) is 12.1 Å². The van der Waals surface area contributed by atoms with Crippen LogP contribution in [0.3, 0.4) is 0 Å². The summed E-state index contributed by atoms with van der Waals surface area (Å²) in [4.78, 5) is 23.2. The number of rotatable bonds is 5. The van der Waals surface area contributed by atoms with Crippen molar-refractivity contribution in [1.82, 2.24) is 5.32 Å². The second-order valence-electron chi connectivity index (χ2n) is 5.59. The standard InChI is InChI=1S/C18H17ClN2O4/c19-14-3-1-2-13-15(8-9-24-17(13)14)21-16(22)10-25-12-6-4-11(5-7-12)18(20)23/h1-7,15H,8-10H2,(H2,20,23)(H,21,22). The molecule has 0 bridgehead atoms. The van der Waals surface area contributed by atoms with E-state index in [4.69, 9.17) is 26.8 Å². The zero-order valence-corrected chi connectivity index (χ0v) is 14.1. The highest BCUT2D eigenvalue weighted by molar-refractivity contribution is 6.32. The molecule has 0 fully saturated rings. The maximum absolute atomic E-state index is 12.2. The van der Waals surface area contributed by atoms with Gasteiger partial charge in [0.2, 0.25) is 5.91 Å². The van der Waals surface area contributed by atoms with Crippen LogP contribution >= 0.6 is 11.6 Å². The summed E-state index contributed by atoms with van der Waals surface area (Å²) >= 11 is 6.12. The van der Waals surface area contributed by atoms with Gasteiger partial charge in [-0.3, -0.25) is 9.59 Å². The van der Waals surface area contributed by atoms with Gasteiger partial charge in [-0.1, -0.05) is 23.7 Å². The van der Waals surface area contributed by atoms with E-state index in [-0.39, 0.29) is 18.6 Å². The molecule has 2 aromatic rings. The van der Waals surface area contributed by atoms with Crippen molar-refractivity contribution < 1.29 is 19.1 Å². The summed E-state index contributed by atoms with van der Waals surface area (Å²) in [7, 11) is 0. The van der Waals surface area contributed by atoms with Gasteiger partial charge >= 0.3 is 0 Å². The van der Waals surface area contributed by atoms with E-state index in [1.54, 1.807) is 30.3 Å². The predicted molar refractivity (Wildman–Crippen MR) is 92.9 cm³/mol. The second kappa shape index (κ2) is 7.44. The van der Waals surface area contributed by atoms with Gasteiger partial charge in [-0.2, -0.15) is 0 Å². The number of halogens is 1. The van der Waals surface area contributed by atoms with Crippen molar-refractivity contribution in [3.05, 3.63) is 58.6 Å². The van der Waals surface area contributed by atoms with Crippen molar-refractivity contribution in [3.8, 4) is 11.5 Å². The summed E-state index contributed by atoms with van der Waals surface area (Å²) in [5.41, 5.74) is 6.42. The third-order valence-corrected chi connectivity index (χ3v) is 4.17. The Morgan fingerprint density at radius 3 is 2.72 bits per heavy atom. The van der Waals surface area contributed by atoms with Crippen LogP contribution in [-0.4, -0.2) is 25.0 Å². The van der Waals surface area contributed by atoms with E-state index in [0.29, 0.717) is 35.1 Å². The lowest BCUT2D eigenvalue weighted by Gasteiger charge is -2.27. The van der Waals surface area contributed by atoms with E-state index in [1.165, 1.54) is 0 Å². The number of nitrogens with two attached hydrogens (primary N) is 1. The first-order chi connectivity index (χ1) is 12.0. The Labute approximate surface area is 149 Å². The van der Waals surface area contributed by atoms with E-state index < -0.39 is 5.91 Å². The molecule has 0 saturated heterocycles. The maximum atomic E-state index is 12.2. The van der Waals surface area contributed by atoms with Crippen LogP contribution in [0.15, 0.2) is 42.5 Å². The molecule has 130 valence electrons. The third kappa shape index (κ3) is 4.03. The molecule has 0 aromatic heterocycles. The molecule has 1 unspecified atom stereocenters. The van der Waals surface area contributed by atoms with E-state index in [0.717, 1.165) is 5.56 Å². The Hall–Kier alpha value is -2.73. The fourth-order valence-corrected chi connectivity index (χ4v) is 2.87. The van der Waals surface area contributed by atoms with Crippen LogP contribution in [0.2, 0.25) is 5.02 Å². The van der Waals surface area contributed by atoms with Gasteiger partial charge in [-0.25, -0.2) is 0 Å². The highest BCUT2D eigenvalue weighted by Gasteiger charge is 2.24. The van der Waals surface area contributed by atoms with E-state index in [2.05, 4.69) is 5.32 Å². The molecule has 2 aromatic carbocycles. The Balaban J connectivity index is 1.59. The number of carbonyl (C=O) groups excluding carboxylic acids is 2. The fourth-order valence-electron chi connectivity index (χ4n) is 2.64. The van der Waals surface area contributed by atoms with Gasteiger partial charge < -0.3 is 20.5 Å². The van der Waals surface area contributed by atoms with Crippen LogP contribution < -0.4 is 20.5 Å². The van der Waals surface area contributed by atoms with Gasteiger partial charge in [0.05, 0.1) is 17.7 Å². The monoisotopic (exact) mass is 360 g/mol. The topological polar surface area (TPSA) is 90.7 Å². The molecular weight excluding hydrogens is 344 g/mol. The molecule has 6 nitrogen and oxygen atoms in total. The molecule has 3 N–H and O–H groups in total. The number of carbonyl (C=O) groups is 2. The summed E-state index contributed by atoms with van der Waals surface area (Å²) < 4.78 is 11.0. The normalized spacial score (nSPS) is 15.6. The highest BCUT2D eigenvalue weighted by atomic mass is 35.5. The number of para-hydroxylation sites is 1. The number of ether oxygens (including phenoxy) is 2. The molecule has 1 aliphatic heterocycles. The van der Waals surface area contributed by atoms with Crippen LogP contribution in [0.4, 0.5) is 0 Å². The minimum absolute atomic E-state index is 0.136. The molecule has 1 heterocycles. The van der Waals surface area contributed by atoms with Gasteiger partial charge in [0.1, 0.15) is 11.5 Å². The zero-order valence-electron chi connectivity index (χ0n) is 13.3. The Morgan fingerprint density at radius 2 is 2.00 bits per heavy atom. The van der Waals surface area contributed by atoms with Gasteiger partial charge in [0.25, 0.3) is 5.91 Å². The smallest absolute Gasteiger partial charge is 0.258 e. The molecule has 0 spiro atoms. The second-order valence-corrected chi connectivity index (χ2v) is 6.00. The van der Waals surface area contributed by atoms with Crippen molar-refractivity contribution >= 4 is 23.4 Å². The molecular formula is C18H17ClN2O4. The highest BCUT2D eigenvalue weighted by Crippen LogP contribution is 2.37. The van der Waals surface area contributed by atoms with Gasteiger partial charge in [-0.15, -0.1) is 0 Å². The summed E-state index contributed by atoms with van der Waals surface area (Å²) in [5, 5.41) is 3.46. The van der Waals surface area contributed by atoms with Crippen LogP contribution in [-0.2, 0) is 4.79 Å². The maximum Gasteiger partial charge on any atom is 0.258 e. The number of fused-ring (bicyclic) bond motifs is 1. The Morgan fingerprint density at radius 1 is 1.24 bits per heavy atom. The lowest BCUT2D eigenvalue weighted by molar-refractivity contribution is -0.124. The number of hydrogen-bond donors (Lipinski definition) is 2. The first kappa shape index (κ1) is 17.1. The third-order valence-electron chi connectivity index (χ3n) is 3.87. The molecule has 2 amide bonds. The lowest BCUT2D eigenvalue weighted by Crippen LogP contribution is -2.35. The van der Waals surface area contributed by atoms with Gasteiger partial charge in [0.15, 0.2) is 6.61 Å². The molecule has 25 heavy (non-hydrogen) atoms. The molecule has 0 saturated carbocycles. The number of hydrogen-bond acceptors (Lipinski definition) is 4. The SMILES string of the molecule is NC(=O)c1ccc(OCC(=O)NC2CCOc3c(Cl)cccc32)cc1. The average Bonchev–Trinajstić information content (AvgIpc) is 2.61. The zero-order chi connectivity index (χ0) is 17.8. The van der Waals surface area contributed by atoms with Crippen LogP contribution in [0, 0.1) is 0 Å². The largest absolute Gasteiger partial charge is 0.492 e. The van der Waals surface area contributed by atoms with Crippen LogP contribution in [0.25, 0.3) is 0 Å². The Kier molecular flexibility index (Phi) is 5.09. The van der Waals surface area contributed by atoms with E-state index >= 15 is 0 Å². The van der Waals surface area contributed by atoms with Crippen LogP contribution in [0.5, 0.6) is 11.5 Å². The minimum atomic E-state index is -0.513. The van der Waals surface area contributed by atoms with Crippen molar-refractivity contribution in [1.29, 1.82) is 0 Å². The number of nitrogens with one attached hydrogen (secondary N) is 1. The first-order valence-electron chi connectivity index (χ1n) is 7.78. The van der Waals surface area contributed by atoms with E-state index in [9.17, 15) is 9.59 Å². The molecule has 1 atom stereocenters. The molecule has 7 heteroatoms. The summed E-state index contributed by atoms with van der Waals surface area (Å²) in [6.07, 6.45) is 0.659. The molecule has 1 aliphatic rings. The van der Waals surface area contributed by atoms with Crippen molar-refractivity contribution in [3.63, 3.8) is 0 Å². The van der Waals surface area contributed by atoms with Gasteiger partial charge in [-0.05, 0) is 30.3 Å². The first-order valence-corrected chi connectivity index (χ1v) is 8.15. The predicted octanol–water partition coefficient (Wildman–Crippen LogP) is 2.46. The number of primary amides is 1.